The molecule has 1 fully saturated rings. The highest BCUT2D eigenvalue weighted by molar-refractivity contribution is 7.89. The highest BCUT2D eigenvalue weighted by Crippen LogP contribution is 2.32. The van der Waals surface area contributed by atoms with Gasteiger partial charge in [0, 0.05) is 45.5 Å². The summed E-state index contributed by atoms with van der Waals surface area (Å²) in [7, 11) is -1.95. The van der Waals surface area contributed by atoms with Crippen LogP contribution in [0.2, 0.25) is 0 Å². The Bertz CT molecular complexity index is 1200. The van der Waals surface area contributed by atoms with Gasteiger partial charge in [-0.1, -0.05) is 17.7 Å². The zero-order valence-corrected chi connectivity index (χ0v) is 21.7. The lowest BCUT2D eigenvalue weighted by molar-refractivity contribution is -0.139. The first-order valence-corrected chi connectivity index (χ1v) is 13.9. The molecule has 11 heteroatoms. The monoisotopic (exact) mass is 518 g/mol. The summed E-state index contributed by atoms with van der Waals surface area (Å²) in [6.45, 7) is 5.81. The molecule has 2 aliphatic rings. The summed E-state index contributed by atoms with van der Waals surface area (Å²) in [5.41, 5.74) is 2.80. The quantitative estimate of drug-likeness (QED) is 0.566. The molecule has 0 aliphatic carbocycles. The Hall–Kier alpha value is -2.73. The van der Waals surface area contributed by atoms with E-state index in [1.54, 1.807) is 38.2 Å². The van der Waals surface area contributed by atoms with Gasteiger partial charge in [0.05, 0.1) is 23.1 Å². The van der Waals surface area contributed by atoms with E-state index in [4.69, 9.17) is 4.74 Å². The highest BCUT2D eigenvalue weighted by atomic mass is 32.2. The molecule has 0 saturated carbocycles. The van der Waals surface area contributed by atoms with Crippen molar-refractivity contribution in [3.8, 4) is 0 Å². The van der Waals surface area contributed by atoms with E-state index >= 15 is 0 Å². The average Bonchev–Trinajstić information content (AvgIpc) is 3.37. The number of rotatable bonds is 7. The summed E-state index contributed by atoms with van der Waals surface area (Å²) in [6, 6.07) is 7.83. The number of sulfonamides is 1. The van der Waals surface area contributed by atoms with Crippen LogP contribution in [0.25, 0.3) is 0 Å². The average molecular weight is 519 g/mol. The zero-order chi connectivity index (χ0) is 25.2. The Morgan fingerprint density at radius 2 is 1.83 bits per heavy atom. The number of amides is 2. The van der Waals surface area contributed by atoms with E-state index in [0.29, 0.717) is 44.0 Å². The third kappa shape index (κ3) is 5.27. The molecular weight excluding hydrogens is 488 g/mol. The summed E-state index contributed by atoms with van der Waals surface area (Å²) >= 11 is 1.49. The van der Waals surface area contributed by atoms with Gasteiger partial charge >= 0.3 is 12.0 Å². The van der Waals surface area contributed by atoms with Gasteiger partial charge in [-0.3, -0.25) is 9.80 Å². The minimum atomic E-state index is -3.58. The van der Waals surface area contributed by atoms with Crippen molar-refractivity contribution in [2.45, 2.75) is 24.8 Å². The van der Waals surface area contributed by atoms with Crippen molar-refractivity contribution in [1.29, 1.82) is 0 Å². The van der Waals surface area contributed by atoms with Gasteiger partial charge in [0.15, 0.2) is 0 Å². The Morgan fingerprint density at radius 1 is 1.14 bits per heavy atom. The van der Waals surface area contributed by atoms with Crippen molar-refractivity contribution < 1.29 is 22.7 Å². The SMILES string of the molecule is CCOC(=O)C1=C(CN2CCN(S(=O)(=O)c3ccc(C)cc3)CC2)N(C)C(=O)N[C@H]1c1ccsc1. The number of nitrogens with zero attached hydrogens (tertiary/aromatic N) is 3. The lowest BCUT2D eigenvalue weighted by atomic mass is 9.96. The zero-order valence-electron chi connectivity index (χ0n) is 20.1. The van der Waals surface area contributed by atoms with Crippen LogP contribution < -0.4 is 5.32 Å². The summed E-state index contributed by atoms with van der Waals surface area (Å²) < 4.78 is 32.9. The molecule has 3 heterocycles. The number of urea groups is 1. The van der Waals surface area contributed by atoms with Gasteiger partial charge in [0.25, 0.3) is 0 Å². The van der Waals surface area contributed by atoms with E-state index < -0.39 is 22.0 Å². The van der Waals surface area contributed by atoms with Gasteiger partial charge in [-0.25, -0.2) is 18.0 Å². The number of carbonyl (C=O) groups excluding carboxylic acids is 2. The molecule has 1 saturated heterocycles. The van der Waals surface area contributed by atoms with Crippen LogP contribution in [0.5, 0.6) is 0 Å². The first kappa shape index (κ1) is 25.4. The van der Waals surface area contributed by atoms with Crippen LogP contribution in [-0.4, -0.2) is 80.9 Å². The Kier molecular flexibility index (Phi) is 7.60. The van der Waals surface area contributed by atoms with E-state index in [-0.39, 0.29) is 17.5 Å². The van der Waals surface area contributed by atoms with Crippen LogP contribution in [0.1, 0.15) is 24.1 Å². The molecule has 0 bridgehead atoms. The number of aryl methyl sites for hydroxylation is 1. The second kappa shape index (κ2) is 10.5. The Morgan fingerprint density at radius 3 is 2.43 bits per heavy atom. The third-order valence-electron chi connectivity index (χ3n) is 6.31. The summed E-state index contributed by atoms with van der Waals surface area (Å²) in [5.74, 6) is -0.467. The first-order chi connectivity index (χ1) is 16.7. The van der Waals surface area contributed by atoms with Crippen LogP contribution >= 0.6 is 11.3 Å². The number of nitrogens with one attached hydrogen (secondary N) is 1. The van der Waals surface area contributed by atoms with Crippen molar-refractivity contribution in [2.24, 2.45) is 0 Å². The summed E-state index contributed by atoms with van der Waals surface area (Å²) in [6.07, 6.45) is 0. The lowest BCUT2D eigenvalue weighted by Gasteiger charge is -2.39. The van der Waals surface area contributed by atoms with Crippen LogP contribution in [0.3, 0.4) is 0 Å². The van der Waals surface area contributed by atoms with Crippen LogP contribution in [0.15, 0.2) is 57.3 Å². The molecule has 4 rings (SSSR count). The van der Waals surface area contributed by atoms with Crippen molar-refractivity contribution in [2.75, 3.05) is 46.4 Å². The molecule has 35 heavy (non-hydrogen) atoms. The minimum absolute atomic E-state index is 0.221. The maximum atomic E-state index is 13.1. The number of likely N-dealkylation sites (N-methyl/N-ethyl adjacent to an activating group) is 1. The largest absolute Gasteiger partial charge is 0.463 e. The first-order valence-electron chi connectivity index (χ1n) is 11.5. The van der Waals surface area contributed by atoms with Crippen molar-refractivity contribution in [3.05, 3.63) is 63.5 Å². The van der Waals surface area contributed by atoms with Gasteiger partial charge in [-0.15, -0.1) is 0 Å². The number of hydrogen-bond acceptors (Lipinski definition) is 7. The molecule has 2 aliphatic heterocycles. The number of benzene rings is 1. The van der Waals surface area contributed by atoms with Crippen molar-refractivity contribution in [1.82, 2.24) is 19.4 Å². The Balaban J connectivity index is 1.55. The predicted molar refractivity (Wildman–Crippen MR) is 133 cm³/mol. The number of ether oxygens (including phenoxy) is 1. The topological polar surface area (TPSA) is 99.3 Å². The van der Waals surface area contributed by atoms with Gasteiger partial charge in [-0.2, -0.15) is 15.6 Å². The fourth-order valence-electron chi connectivity index (χ4n) is 4.29. The van der Waals surface area contributed by atoms with Gasteiger partial charge in [0.2, 0.25) is 10.0 Å². The molecule has 2 amide bonds. The lowest BCUT2D eigenvalue weighted by Crippen LogP contribution is -2.52. The number of carbonyl (C=O) groups is 2. The minimum Gasteiger partial charge on any atom is -0.463 e. The number of piperazine rings is 1. The van der Waals surface area contributed by atoms with Gasteiger partial charge < -0.3 is 10.1 Å². The molecule has 0 radical (unpaired) electrons. The fraction of sp³-hybridized carbons (Fsp3) is 0.417. The number of esters is 1. The van der Waals surface area contributed by atoms with Crippen LogP contribution in [-0.2, 0) is 19.6 Å². The van der Waals surface area contributed by atoms with Gasteiger partial charge in [0.1, 0.15) is 0 Å². The van der Waals surface area contributed by atoms with E-state index in [0.717, 1.165) is 11.1 Å². The molecular formula is C24H30N4O5S2. The van der Waals surface area contributed by atoms with Gasteiger partial charge in [-0.05, 0) is 48.4 Å². The van der Waals surface area contributed by atoms with E-state index in [2.05, 4.69) is 10.2 Å². The molecule has 0 unspecified atom stereocenters. The number of hydrogen-bond donors (Lipinski definition) is 1. The van der Waals surface area contributed by atoms with E-state index in [1.165, 1.54) is 20.5 Å². The molecule has 1 aromatic carbocycles. The molecule has 1 aromatic heterocycles. The summed E-state index contributed by atoms with van der Waals surface area (Å²) in [5, 5.41) is 6.71. The van der Waals surface area contributed by atoms with Crippen LogP contribution in [0, 0.1) is 6.92 Å². The predicted octanol–water partition coefficient (Wildman–Crippen LogP) is 2.58. The maximum absolute atomic E-state index is 13.1. The fourth-order valence-corrected chi connectivity index (χ4v) is 6.39. The molecule has 9 nitrogen and oxygen atoms in total. The molecule has 188 valence electrons. The van der Waals surface area contributed by atoms with Crippen LogP contribution in [0.4, 0.5) is 4.79 Å². The number of thiophene rings is 1. The second-order valence-corrected chi connectivity index (χ2v) is 11.3. The molecule has 0 spiro atoms. The second-order valence-electron chi connectivity index (χ2n) is 8.57. The smallest absolute Gasteiger partial charge is 0.338 e. The highest BCUT2D eigenvalue weighted by Gasteiger charge is 2.38. The molecule has 1 atom stereocenters. The maximum Gasteiger partial charge on any atom is 0.338 e. The van der Waals surface area contributed by atoms with E-state index in [1.807, 2.05) is 23.8 Å². The van der Waals surface area contributed by atoms with E-state index in [9.17, 15) is 18.0 Å². The Labute approximate surface area is 210 Å². The standard InChI is InChI=1S/C24H30N4O5S2/c1-4-33-23(29)21-20(26(3)24(30)25-22(21)18-9-14-34-16-18)15-27-10-12-28(13-11-27)35(31,32)19-7-5-17(2)6-8-19/h5-9,14,16,22H,4,10-13,15H2,1-3H3,(H,25,30)/t22-/m0/s1. The third-order valence-corrected chi connectivity index (χ3v) is 8.93. The summed E-state index contributed by atoms with van der Waals surface area (Å²) in [4.78, 5) is 29.6. The van der Waals surface area contributed by atoms with Crippen molar-refractivity contribution in [3.63, 3.8) is 0 Å². The molecule has 2 aromatic rings. The normalized spacial score (nSPS) is 20.1. The molecule has 1 N–H and O–H groups in total. The van der Waals surface area contributed by atoms with Crippen molar-refractivity contribution >= 4 is 33.4 Å².